The van der Waals surface area contributed by atoms with Crippen molar-refractivity contribution in [2.75, 3.05) is 5.32 Å². The highest BCUT2D eigenvalue weighted by Gasteiger charge is 2.11. The van der Waals surface area contributed by atoms with Gasteiger partial charge in [0.05, 0.1) is 17.4 Å². The third kappa shape index (κ3) is 2.84. The van der Waals surface area contributed by atoms with Crippen LogP contribution in [0.2, 0.25) is 0 Å². The molecule has 126 valence electrons. The number of nitrogens with zero attached hydrogens (tertiary/aromatic N) is 6. The maximum Gasteiger partial charge on any atom is 0.203 e. The highest BCUT2D eigenvalue weighted by molar-refractivity contribution is 5.62. The smallest absolute Gasteiger partial charge is 0.203 e. The van der Waals surface area contributed by atoms with Gasteiger partial charge >= 0.3 is 0 Å². The van der Waals surface area contributed by atoms with Gasteiger partial charge in [-0.25, -0.2) is 9.67 Å². The number of anilines is 1. The van der Waals surface area contributed by atoms with Gasteiger partial charge in [-0.1, -0.05) is 12.1 Å². The second-order valence-corrected chi connectivity index (χ2v) is 6.13. The summed E-state index contributed by atoms with van der Waals surface area (Å²) in [6, 6.07) is 10.5. The van der Waals surface area contributed by atoms with Crippen LogP contribution in [0.15, 0.2) is 49.1 Å². The highest BCUT2D eigenvalue weighted by Crippen LogP contribution is 2.21. The number of nitrogens with one attached hydrogen (secondary N) is 1. The van der Waals surface area contributed by atoms with Gasteiger partial charge in [-0.05, 0) is 44.5 Å². The van der Waals surface area contributed by atoms with Crippen LogP contribution in [0.25, 0.3) is 11.3 Å². The van der Waals surface area contributed by atoms with E-state index < -0.39 is 0 Å². The molecule has 0 spiro atoms. The maximum absolute atomic E-state index is 4.52. The lowest BCUT2D eigenvalue weighted by molar-refractivity contribution is 0.827. The van der Waals surface area contributed by atoms with Gasteiger partial charge in [-0.2, -0.15) is 5.10 Å². The van der Waals surface area contributed by atoms with Crippen LogP contribution in [0.5, 0.6) is 0 Å². The lowest BCUT2D eigenvalue weighted by atomic mass is 10.1. The van der Waals surface area contributed by atoms with Crippen molar-refractivity contribution in [3.8, 4) is 5.69 Å². The second kappa shape index (κ2) is 6.01. The molecule has 25 heavy (non-hydrogen) atoms. The van der Waals surface area contributed by atoms with Crippen molar-refractivity contribution in [2.45, 2.75) is 26.8 Å². The zero-order chi connectivity index (χ0) is 17.4. The number of fused-ring (bicyclic) bond motifs is 1. The monoisotopic (exact) mass is 333 g/mol. The Kier molecular flexibility index (Phi) is 3.68. The van der Waals surface area contributed by atoms with Crippen molar-refractivity contribution < 1.29 is 0 Å². The van der Waals surface area contributed by atoms with Gasteiger partial charge in [0.25, 0.3) is 0 Å². The van der Waals surface area contributed by atoms with E-state index >= 15 is 0 Å². The Bertz CT molecular complexity index is 1010. The largest absolute Gasteiger partial charge is 0.360 e. The molecule has 7 heteroatoms. The number of benzene rings is 1. The summed E-state index contributed by atoms with van der Waals surface area (Å²) in [6.07, 6.45) is 5.22. The highest BCUT2D eigenvalue weighted by atomic mass is 15.3. The molecule has 3 heterocycles. The van der Waals surface area contributed by atoms with Crippen LogP contribution in [-0.2, 0) is 0 Å². The first-order valence-corrected chi connectivity index (χ1v) is 8.16. The van der Waals surface area contributed by atoms with E-state index in [1.54, 1.807) is 12.5 Å². The third-order valence-corrected chi connectivity index (χ3v) is 4.22. The minimum atomic E-state index is 0.0879. The normalized spacial score (nSPS) is 12.4. The lowest BCUT2D eigenvalue weighted by Crippen LogP contribution is -2.09. The predicted molar refractivity (Wildman–Crippen MR) is 95.9 cm³/mol. The number of aryl methyl sites for hydroxylation is 2. The van der Waals surface area contributed by atoms with E-state index in [0.717, 1.165) is 28.5 Å². The summed E-state index contributed by atoms with van der Waals surface area (Å²) in [6.45, 7) is 6.16. The molecule has 0 fully saturated rings. The fourth-order valence-corrected chi connectivity index (χ4v) is 2.94. The molecule has 0 unspecified atom stereocenters. The van der Waals surface area contributed by atoms with Crippen molar-refractivity contribution in [3.63, 3.8) is 0 Å². The molecule has 0 amide bonds. The molecule has 4 rings (SSSR count). The molecule has 0 saturated heterocycles. The number of rotatable bonds is 4. The molecule has 0 aliphatic heterocycles. The van der Waals surface area contributed by atoms with Crippen molar-refractivity contribution in [1.82, 2.24) is 29.4 Å². The van der Waals surface area contributed by atoms with E-state index in [4.69, 9.17) is 0 Å². The first-order chi connectivity index (χ1) is 12.1. The van der Waals surface area contributed by atoms with E-state index in [1.807, 2.05) is 22.2 Å². The number of hydrogen-bond acceptors (Lipinski definition) is 5. The van der Waals surface area contributed by atoms with Gasteiger partial charge in [0.15, 0.2) is 5.82 Å². The minimum Gasteiger partial charge on any atom is -0.360 e. The summed E-state index contributed by atoms with van der Waals surface area (Å²) >= 11 is 0. The molecule has 1 N–H and O–H groups in total. The molecule has 1 atom stereocenters. The Balaban J connectivity index is 1.57. The zero-order valence-corrected chi connectivity index (χ0v) is 14.4. The Morgan fingerprint density at radius 3 is 2.64 bits per heavy atom. The minimum absolute atomic E-state index is 0.0879. The Labute approximate surface area is 145 Å². The van der Waals surface area contributed by atoms with Crippen molar-refractivity contribution in [1.29, 1.82) is 0 Å². The molecular formula is C18H19N7. The standard InChI is InChI=1S/C18H19N7/c1-12-10-13(2)25(23-12)16-6-4-15(5-7-16)14(3)21-17-18-22-20-11-24(18)9-8-19-17/h4-11,14H,1-3H3,(H,19,21)/t14-/m1/s1. The van der Waals surface area contributed by atoms with E-state index in [9.17, 15) is 0 Å². The van der Waals surface area contributed by atoms with Crippen molar-refractivity contribution in [2.24, 2.45) is 0 Å². The summed E-state index contributed by atoms with van der Waals surface area (Å²) in [5, 5.41) is 16.0. The van der Waals surface area contributed by atoms with Gasteiger partial charge in [0.2, 0.25) is 5.65 Å². The van der Waals surface area contributed by atoms with Gasteiger partial charge < -0.3 is 5.32 Å². The van der Waals surface area contributed by atoms with E-state index in [1.165, 1.54) is 0 Å². The van der Waals surface area contributed by atoms with Crippen LogP contribution in [-0.4, -0.2) is 29.4 Å². The SMILES string of the molecule is Cc1cc(C)n(-c2ccc([C@@H](C)Nc3nccn4cnnc34)cc2)n1. The van der Waals surface area contributed by atoms with Gasteiger partial charge in [0.1, 0.15) is 6.33 Å². The molecule has 0 radical (unpaired) electrons. The molecule has 0 aliphatic carbocycles. The average molecular weight is 333 g/mol. The quantitative estimate of drug-likeness (QED) is 0.621. The number of hydrogen-bond donors (Lipinski definition) is 1. The van der Waals surface area contributed by atoms with Crippen LogP contribution in [0.3, 0.4) is 0 Å². The van der Waals surface area contributed by atoms with Gasteiger partial charge in [0, 0.05) is 18.1 Å². The Hall–Kier alpha value is -3.22. The second-order valence-electron chi connectivity index (χ2n) is 6.13. The predicted octanol–water partition coefficient (Wildman–Crippen LogP) is 3.10. The molecule has 0 saturated carbocycles. The molecule has 1 aromatic carbocycles. The lowest BCUT2D eigenvalue weighted by Gasteiger charge is -2.16. The van der Waals surface area contributed by atoms with Gasteiger partial charge in [-0.3, -0.25) is 4.40 Å². The van der Waals surface area contributed by atoms with Crippen molar-refractivity contribution >= 4 is 11.5 Å². The molecule has 4 aromatic rings. The van der Waals surface area contributed by atoms with E-state index in [-0.39, 0.29) is 6.04 Å². The molecule has 3 aromatic heterocycles. The van der Waals surface area contributed by atoms with Crippen LogP contribution < -0.4 is 5.32 Å². The summed E-state index contributed by atoms with van der Waals surface area (Å²) in [4.78, 5) is 4.38. The molecule has 7 nitrogen and oxygen atoms in total. The van der Waals surface area contributed by atoms with Gasteiger partial charge in [-0.15, -0.1) is 10.2 Å². The summed E-state index contributed by atoms with van der Waals surface area (Å²) in [7, 11) is 0. The maximum atomic E-state index is 4.52. The molecule has 0 bridgehead atoms. The molecule has 0 aliphatic rings. The van der Waals surface area contributed by atoms with Crippen molar-refractivity contribution in [3.05, 3.63) is 66.0 Å². The Morgan fingerprint density at radius 1 is 1.12 bits per heavy atom. The summed E-state index contributed by atoms with van der Waals surface area (Å²) < 4.78 is 3.80. The third-order valence-electron chi connectivity index (χ3n) is 4.22. The number of aromatic nitrogens is 6. The molecular weight excluding hydrogens is 314 g/mol. The van der Waals surface area contributed by atoms with Crippen LogP contribution >= 0.6 is 0 Å². The van der Waals surface area contributed by atoms with Crippen LogP contribution in [0, 0.1) is 13.8 Å². The summed E-state index contributed by atoms with van der Waals surface area (Å²) in [5.41, 5.74) is 5.07. The fourth-order valence-electron chi connectivity index (χ4n) is 2.94. The van der Waals surface area contributed by atoms with E-state index in [0.29, 0.717) is 5.65 Å². The Morgan fingerprint density at radius 2 is 1.92 bits per heavy atom. The van der Waals surface area contributed by atoms with Crippen LogP contribution in [0.1, 0.15) is 29.9 Å². The first-order valence-electron chi connectivity index (χ1n) is 8.16. The first kappa shape index (κ1) is 15.3. The van der Waals surface area contributed by atoms with E-state index in [2.05, 4.69) is 69.8 Å². The fraction of sp³-hybridized carbons (Fsp3) is 0.222. The average Bonchev–Trinajstić information content (AvgIpc) is 3.21. The topological polar surface area (TPSA) is 72.9 Å². The summed E-state index contributed by atoms with van der Waals surface area (Å²) in [5.74, 6) is 0.718. The van der Waals surface area contributed by atoms with Crippen LogP contribution in [0.4, 0.5) is 5.82 Å². The zero-order valence-electron chi connectivity index (χ0n) is 14.4.